The number of carbonyl (C=O) groups excluding carboxylic acids is 1. The molecule has 1 aromatic carbocycles. The first-order valence-corrected chi connectivity index (χ1v) is 5.47. The van der Waals surface area contributed by atoms with Gasteiger partial charge in [-0.2, -0.15) is 5.10 Å². The molecule has 0 aliphatic heterocycles. The molecule has 0 unspecified atom stereocenters. The Kier molecular flexibility index (Phi) is 3.17. The van der Waals surface area contributed by atoms with Crippen LogP contribution in [0.15, 0.2) is 18.3 Å². The van der Waals surface area contributed by atoms with Crippen LogP contribution < -0.4 is 0 Å². The van der Waals surface area contributed by atoms with Gasteiger partial charge in [-0.05, 0) is 18.6 Å². The molecule has 2 rings (SSSR count). The lowest BCUT2D eigenvalue weighted by Crippen LogP contribution is -2.11. The summed E-state index contributed by atoms with van der Waals surface area (Å²) in [5, 5.41) is 3.93. The van der Waals surface area contributed by atoms with Gasteiger partial charge in [0.2, 0.25) is 5.78 Å². The number of carbonyl (C=O) groups is 1. The highest BCUT2D eigenvalue weighted by molar-refractivity contribution is 6.34. The van der Waals surface area contributed by atoms with Gasteiger partial charge < -0.3 is 0 Å². The van der Waals surface area contributed by atoms with Crippen molar-refractivity contribution in [2.45, 2.75) is 6.92 Å². The molecule has 2 aromatic rings. The van der Waals surface area contributed by atoms with E-state index in [9.17, 15) is 13.6 Å². The molecule has 1 aromatic heterocycles. The van der Waals surface area contributed by atoms with Crippen molar-refractivity contribution in [1.82, 2.24) is 9.78 Å². The number of halogens is 3. The SMILES string of the molecule is Cc1cc(C(=O)c2c(Cl)cnn2C)c(F)cc1F. The fourth-order valence-electron chi connectivity index (χ4n) is 1.62. The lowest BCUT2D eigenvalue weighted by molar-refractivity contribution is 0.102. The van der Waals surface area contributed by atoms with Gasteiger partial charge in [0.15, 0.2) is 0 Å². The number of aromatic nitrogens is 2. The Balaban J connectivity index is 2.57. The summed E-state index contributed by atoms with van der Waals surface area (Å²) in [6, 6.07) is 1.85. The van der Waals surface area contributed by atoms with Crippen molar-refractivity contribution in [1.29, 1.82) is 0 Å². The minimum absolute atomic E-state index is 0.0709. The molecular weight excluding hydrogens is 262 g/mol. The summed E-state index contributed by atoms with van der Waals surface area (Å²) in [5.74, 6) is -2.24. The first kappa shape index (κ1) is 12.7. The number of ketones is 1. The lowest BCUT2D eigenvalue weighted by Gasteiger charge is -2.06. The van der Waals surface area contributed by atoms with Crippen molar-refractivity contribution in [2.24, 2.45) is 7.05 Å². The summed E-state index contributed by atoms with van der Waals surface area (Å²) < 4.78 is 28.0. The van der Waals surface area contributed by atoms with Crippen LogP contribution in [0.2, 0.25) is 5.02 Å². The van der Waals surface area contributed by atoms with E-state index in [4.69, 9.17) is 11.6 Å². The van der Waals surface area contributed by atoms with Crippen LogP contribution in [0.3, 0.4) is 0 Å². The molecule has 18 heavy (non-hydrogen) atoms. The predicted octanol–water partition coefficient (Wildman–Crippen LogP) is 2.89. The van der Waals surface area contributed by atoms with Crippen molar-refractivity contribution in [3.05, 3.63) is 51.8 Å². The number of benzene rings is 1. The van der Waals surface area contributed by atoms with E-state index in [0.717, 1.165) is 6.07 Å². The third-order valence-electron chi connectivity index (χ3n) is 2.60. The van der Waals surface area contributed by atoms with Gasteiger partial charge in [-0.25, -0.2) is 8.78 Å². The fourth-order valence-corrected chi connectivity index (χ4v) is 1.88. The van der Waals surface area contributed by atoms with Crippen molar-refractivity contribution in [3.8, 4) is 0 Å². The molecule has 0 fully saturated rings. The maximum absolute atomic E-state index is 13.6. The summed E-state index contributed by atoms with van der Waals surface area (Å²) in [5.41, 5.74) is 0.0408. The Morgan fingerprint density at radius 3 is 2.56 bits per heavy atom. The molecule has 0 saturated carbocycles. The van der Waals surface area contributed by atoms with Crippen LogP contribution in [-0.4, -0.2) is 15.6 Å². The molecular formula is C12H9ClF2N2O. The number of hydrogen-bond donors (Lipinski definition) is 0. The van der Waals surface area contributed by atoms with E-state index in [1.165, 1.54) is 24.9 Å². The minimum atomic E-state index is -0.916. The van der Waals surface area contributed by atoms with Crippen molar-refractivity contribution < 1.29 is 13.6 Å². The summed E-state index contributed by atoms with van der Waals surface area (Å²) in [7, 11) is 1.52. The smallest absolute Gasteiger partial charge is 0.215 e. The molecule has 0 N–H and O–H groups in total. The zero-order chi connectivity index (χ0) is 13.4. The van der Waals surface area contributed by atoms with Gasteiger partial charge in [-0.15, -0.1) is 0 Å². The highest BCUT2D eigenvalue weighted by atomic mass is 35.5. The Labute approximate surface area is 107 Å². The predicted molar refractivity (Wildman–Crippen MR) is 62.7 cm³/mol. The van der Waals surface area contributed by atoms with Gasteiger partial charge in [0.1, 0.15) is 17.3 Å². The van der Waals surface area contributed by atoms with Gasteiger partial charge in [0, 0.05) is 13.1 Å². The van der Waals surface area contributed by atoms with Crippen LogP contribution in [0.1, 0.15) is 21.6 Å². The molecule has 94 valence electrons. The van der Waals surface area contributed by atoms with E-state index in [0.29, 0.717) is 6.07 Å². The summed E-state index contributed by atoms with van der Waals surface area (Å²) >= 11 is 5.81. The van der Waals surface area contributed by atoms with E-state index < -0.39 is 17.4 Å². The summed E-state index contributed by atoms with van der Waals surface area (Å²) in [6.45, 7) is 1.45. The third-order valence-corrected chi connectivity index (χ3v) is 2.88. The van der Waals surface area contributed by atoms with E-state index in [1.54, 1.807) is 0 Å². The largest absolute Gasteiger partial charge is 0.287 e. The molecule has 0 atom stereocenters. The first-order chi connectivity index (χ1) is 8.41. The molecule has 0 saturated heterocycles. The second-order valence-corrected chi connectivity index (χ2v) is 4.28. The zero-order valence-corrected chi connectivity index (χ0v) is 10.4. The Hall–Kier alpha value is -1.75. The second-order valence-electron chi connectivity index (χ2n) is 3.88. The van der Waals surface area contributed by atoms with Gasteiger partial charge >= 0.3 is 0 Å². The van der Waals surface area contributed by atoms with Crippen LogP contribution in [0.5, 0.6) is 0 Å². The fraction of sp³-hybridized carbons (Fsp3) is 0.167. The number of hydrogen-bond acceptors (Lipinski definition) is 2. The first-order valence-electron chi connectivity index (χ1n) is 5.09. The highest BCUT2D eigenvalue weighted by Crippen LogP contribution is 2.22. The van der Waals surface area contributed by atoms with Gasteiger partial charge in [-0.1, -0.05) is 11.6 Å². The van der Waals surface area contributed by atoms with Crippen molar-refractivity contribution in [3.63, 3.8) is 0 Å². The van der Waals surface area contributed by atoms with Crippen LogP contribution >= 0.6 is 11.6 Å². The Bertz CT molecular complexity index is 618. The van der Waals surface area contributed by atoms with Gasteiger partial charge in [0.25, 0.3) is 0 Å². The maximum Gasteiger partial charge on any atom is 0.215 e. The lowest BCUT2D eigenvalue weighted by atomic mass is 10.0. The van der Waals surface area contributed by atoms with Crippen LogP contribution in [0, 0.1) is 18.6 Å². The van der Waals surface area contributed by atoms with Crippen molar-refractivity contribution in [2.75, 3.05) is 0 Å². The van der Waals surface area contributed by atoms with Crippen LogP contribution in [0.25, 0.3) is 0 Å². The number of nitrogens with zero attached hydrogens (tertiary/aromatic N) is 2. The van der Waals surface area contributed by atoms with Crippen LogP contribution in [-0.2, 0) is 7.05 Å². The van der Waals surface area contributed by atoms with E-state index in [-0.39, 0.29) is 21.8 Å². The average molecular weight is 271 g/mol. The normalized spacial score (nSPS) is 10.7. The number of aryl methyl sites for hydroxylation is 2. The zero-order valence-electron chi connectivity index (χ0n) is 9.67. The Morgan fingerprint density at radius 2 is 2.00 bits per heavy atom. The molecule has 0 radical (unpaired) electrons. The molecule has 0 aliphatic rings. The van der Waals surface area contributed by atoms with Crippen LogP contribution in [0.4, 0.5) is 8.78 Å². The average Bonchev–Trinajstić information content (AvgIpc) is 2.63. The van der Waals surface area contributed by atoms with E-state index in [1.807, 2.05) is 0 Å². The Morgan fingerprint density at radius 1 is 1.33 bits per heavy atom. The summed E-state index contributed by atoms with van der Waals surface area (Å²) in [6.07, 6.45) is 1.29. The van der Waals surface area contributed by atoms with Gasteiger partial charge in [-0.3, -0.25) is 9.48 Å². The second kappa shape index (κ2) is 4.49. The maximum atomic E-state index is 13.6. The molecule has 3 nitrogen and oxygen atoms in total. The number of rotatable bonds is 2. The molecule has 0 spiro atoms. The topological polar surface area (TPSA) is 34.9 Å². The van der Waals surface area contributed by atoms with E-state index >= 15 is 0 Å². The minimum Gasteiger partial charge on any atom is -0.287 e. The van der Waals surface area contributed by atoms with Gasteiger partial charge in [0.05, 0.1) is 16.8 Å². The summed E-state index contributed by atoms with van der Waals surface area (Å²) in [4.78, 5) is 12.1. The van der Waals surface area contributed by atoms with E-state index in [2.05, 4.69) is 5.10 Å². The molecule has 6 heteroatoms. The molecule has 1 heterocycles. The monoisotopic (exact) mass is 270 g/mol. The third kappa shape index (κ3) is 2.01. The molecule has 0 bridgehead atoms. The quantitative estimate of drug-likeness (QED) is 0.787. The highest BCUT2D eigenvalue weighted by Gasteiger charge is 2.21. The molecule has 0 aliphatic carbocycles. The van der Waals surface area contributed by atoms with Crippen molar-refractivity contribution >= 4 is 17.4 Å². The standard InChI is InChI=1S/C12H9ClF2N2O/c1-6-3-7(10(15)4-9(6)14)12(18)11-8(13)5-16-17(11)2/h3-5H,1-2H3. The molecule has 0 amide bonds.